The first-order valence-electron chi connectivity index (χ1n) is 7.50. The summed E-state index contributed by atoms with van der Waals surface area (Å²) in [4.78, 5) is 34.7. The highest BCUT2D eigenvalue weighted by Crippen LogP contribution is 2.29. The number of nitrogens with zero attached hydrogens (tertiary/aromatic N) is 2. The largest absolute Gasteiger partial charge is 0.388 e. The molecular weight excluding hydrogens is 318 g/mol. The van der Waals surface area contributed by atoms with Crippen molar-refractivity contribution in [2.45, 2.75) is 32.9 Å². The molecule has 1 amide bonds. The highest BCUT2D eigenvalue weighted by atomic mass is 32.1. The number of H-pyrrole nitrogens is 1. The van der Waals surface area contributed by atoms with Gasteiger partial charge in [-0.2, -0.15) is 0 Å². The first kappa shape index (κ1) is 16.1. The van der Waals surface area contributed by atoms with E-state index >= 15 is 0 Å². The third-order valence-electron chi connectivity index (χ3n) is 4.14. The molecule has 124 valence electrons. The van der Waals surface area contributed by atoms with E-state index in [2.05, 4.69) is 9.97 Å². The van der Waals surface area contributed by atoms with Gasteiger partial charge in [0.05, 0.1) is 35.6 Å². The zero-order valence-corrected chi connectivity index (χ0v) is 14.1. The molecule has 2 aromatic rings. The van der Waals surface area contributed by atoms with Gasteiger partial charge in [0, 0.05) is 6.54 Å². The summed E-state index contributed by atoms with van der Waals surface area (Å²) in [5, 5.41) is 10.5. The molecular formula is C15H19N3O4S. The van der Waals surface area contributed by atoms with E-state index in [1.54, 1.807) is 18.7 Å². The van der Waals surface area contributed by atoms with E-state index in [1.165, 1.54) is 11.3 Å². The predicted octanol–water partition coefficient (Wildman–Crippen LogP) is 0.823. The van der Waals surface area contributed by atoms with Crippen LogP contribution in [0.25, 0.3) is 10.2 Å². The van der Waals surface area contributed by atoms with Gasteiger partial charge in [-0.15, -0.1) is 11.3 Å². The number of amides is 1. The maximum absolute atomic E-state index is 12.9. The summed E-state index contributed by atoms with van der Waals surface area (Å²) < 4.78 is 5.25. The molecule has 1 aliphatic rings. The molecule has 0 aliphatic carbocycles. The van der Waals surface area contributed by atoms with E-state index in [9.17, 15) is 14.7 Å². The van der Waals surface area contributed by atoms with E-state index in [1.807, 2.05) is 6.92 Å². The molecule has 2 atom stereocenters. The third kappa shape index (κ3) is 2.66. The second-order valence-electron chi connectivity index (χ2n) is 5.65. The number of rotatable bonds is 3. The van der Waals surface area contributed by atoms with Crippen molar-refractivity contribution in [1.82, 2.24) is 14.9 Å². The number of aliphatic hydroxyl groups is 1. The minimum atomic E-state index is -0.683. The maximum atomic E-state index is 12.9. The summed E-state index contributed by atoms with van der Waals surface area (Å²) in [5.74, 6) is 0.328. The number of hydrogen-bond donors (Lipinski definition) is 2. The van der Waals surface area contributed by atoms with Crippen molar-refractivity contribution in [3.8, 4) is 0 Å². The molecule has 0 spiro atoms. The summed E-state index contributed by atoms with van der Waals surface area (Å²) in [5.41, 5.74) is 0.406. The topological polar surface area (TPSA) is 95.5 Å². The Morgan fingerprint density at radius 3 is 2.83 bits per heavy atom. The Labute approximate surface area is 136 Å². The van der Waals surface area contributed by atoms with Crippen LogP contribution in [0.3, 0.4) is 0 Å². The quantitative estimate of drug-likeness (QED) is 0.865. The molecule has 2 aromatic heterocycles. The lowest BCUT2D eigenvalue weighted by molar-refractivity contribution is 0.0524. The number of fused-ring (bicyclic) bond motifs is 1. The van der Waals surface area contributed by atoms with Crippen molar-refractivity contribution in [3.05, 3.63) is 26.6 Å². The van der Waals surface area contributed by atoms with Gasteiger partial charge in [-0.1, -0.05) is 0 Å². The van der Waals surface area contributed by atoms with Crippen molar-refractivity contribution >= 4 is 27.5 Å². The van der Waals surface area contributed by atoms with Crippen LogP contribution in [-0.2, 0) is 4.74 Å². The van der Waals surface area contributed by atoms with Crippen LogP contribution in [0, 0.1) is 13.8 Å². The smallest absolute Gasteiger partial charge is 0.264 e. The molecule has 1 fully saturated rings. The first-order valence-corrected chi connectivity index (χ1v) is 8.32. The Hall–Kier alpha value is -1.77. The fourth-order valence-electron chi connectivity index (χ4n) is 2.94. The van der Waals surface area contributed by atoms with Gasteiger partial charge in [0.1, 0.15) is 10.7 Å². The number of likely N-dealkylation sites (N-methyl/N-ethyl adjacent to an activating group) is 1. The Morgan fingerprint density at radius 1 is 1.48 bits per heavy atom. The molecule has 3 heterocycles. The number of aryl methyl sites for hydroxylation is 2. The molecule has 3 rings (SSSR count). The number of carbonyl (C=O) groups is 1. The highest BCUT2D eigenvalue weighted by Gasteiger charge is 2.35. The molecule has 0 aromatic carbocycles. The number of carbonyl (C=O) groups excluding carboxylic acids is 1. The number of thiophene rings is 1. The van der Waals surface area contributed by atoms with Gasteiger partial charge in [-0.25, -0.2) is 4.98 Å². The van der Waals surface area contributed by atoms with Gasteiger partial charge in [-0.05, 0) is 26.3 Å². The molecule has 0 radical (unpaired) electrons. The molecule has 1 aliphatic heterocycles. The van der Waals surface area contributed by atoms with Crippen molar-refractivity contribution in [2.75, 3.05) is 19.8 Å². The monoisotopic (exact) mass is 337 g/mol. The molecule has 0 bridgehead atoms. The third-order valence-corrected chi connectivity index (χ3v) is 5.31. The summed E-state index contributed by atoms with van der Waals surface area (Å²) in [6, 6.07) is -0.356. The average molecular weight is 337 g/mol. The number of aromatic amines is 1. The lowest BCUT2D eigenvalue weighted by atomic mass is 10.1. The number of ether oxygens (including phenoxy) is 1. The molecule has 7 nitrogen and oxygen atoms in total. The zero-order chi connectivity index (χ0) is 16.7. The van der Waals surface area contributed by atoms with Crippen LogP contribution in [-0.4, -0.2) is 57.8 Å². The van der Waals surface area contributed by atoms with Crippen LogP contribution in [0.5, 0.6) is 0 Å². The van der Waals surface area contributed by atoms with Crippen molar-refractivity contribution in [1.29, 1.82) is 0 Å². The Bertz CT molecular complexity index is 813. The summed E-state index contributed by atoms with van der Waals surface area (Å²) in [6.07, 6.45) is -0.683. The minimum absolute atomic E-state index is 0.195. The normalized spacial score (nSPS) is 21.0. The molecule has 1 saturated heterocycles. The lowest BCUT2D eigenvalue weighted by Crippen LogP contribution is -2.46. The summed E-state index contributed by atoms with van der Waals surface area (Å²) >= 11 is 1.22. The van der Waals surface area contributed by atoms with Gasteiger partial charge < -0.3 is 19.7 Å². The van der Waals surface area contributed by atoms with Crippen LogP contribution >= 0.6 is 11.3 Å². The fourth-order valence-corrected chi connectivity index (χ4v) is 4.13. The number of aromatic nitrogens is 2. The molecule has 0 unspecified atom stereocenters. The van der Waals surface area contributed by atoms with E-state index in [4.69, 9.17) is 4.74 Å². The van der Waals surface area contributed by atoms with E-state index in [0.717, 1.165) is 0 Å². The number of aliphatic hydroxyl groups excluding tert-OH is 1. The second-order valence-corrected chi connectivity index (χ2v) is 6.65. The zero-order valence-electron chi connectivity index (χ0n) is 13.3. The Morgan fingerprint density at radius 2 is 2.22 bits per heavy atom. The Balaban J connectivity index is 2.05. The second kappa shape index (κ2) is 6.03. The van der Waals surface area contributed by atoms with E-state index < -0.39 is 6.10 Å². The van der Waals surface area contributed by atoms with Crippen LogP contribution in [0.1, 0.15) is 28.0 Å². The molecule has 8 heteroatoms. The highest BCUT2D eigenvalue weighted by molar-refractivity contribution is 7.20. The minimum Gasteiger partial charge on any atom is -0.388 e. The van der Waals surface area contributed by atoms with E-state index in [-0.39, 0.29) is 24.1 Å². The van der Waals surface area contributed by atoms with Crippen molar-refractivity contribution in [3.63, 3.8) is 0 Å². The van der Waals surface area contributed by atoms with Gasteiger partial charge in [0.2, 0.25) is 0 Å². The van der Waals surface area contributed by atoms with Gasteiger partial charge in [0.15, 0.2) is 0 Å². The van der Waals surface area contributed by atoms with Crippen LogP contribution in [0.4, 0.5) is 0 Å². The standard InChI is InChI=1S/C15H19N3O4S/c1-4-18(9-5-22-6-10(9)19)15(21)12-7(2)11-13(20)16-8(3)17-14(11)23-12/h9-10,19H,4-6H2,1-3H3,(H,16,17,20)/t9-,10-/m1/s1. The van der Waals surface area contributed by atoms with Gasteiger partial charge in [-0.3, -0.25) is 9.59 Å². The summed E-state index contributed by atoms with van der Waals surface area (Å²) in [7, 11) is 0. The van der Waals surface area contributed by atoms with Crippen LogP contribution in [0.2, 0.25) is 0 Å². The van der Waals surface area contributed by atoms with Gasteiger partial charge >= 0.3 is 0 Å². The molecule has 0 saturated carbocycles. The average Bonchev–Trinajstić information content (AvgIpc) is 3.04. The number of nitrogens with one attached hydrogen (secondary N) is 1. The van der Waals surface area contributed by atoms with Gasteiger partial charge in [0.25, 0.3) is 11.5 Å². The maximum Gasteiger partial charge on any atom is 0.264 e. The number of hydrogen-bond acceptors (Lipinski definition) is 6. The first-order chi connectivity index (χ1) is 10.9. The van der Waals surface area contributed by atoms with E-state index in [0.29, 0.717) is 39.6 Å². The van der Waals surface area contributed by atoms with Crippen LogP contribution in [0.15, 0.2) is 4.79 Å². The fraction of sp³-hybridized carbons (Fsp3) is 0.533. The molecule has 23 heavy (non-hydrogen) atoms. The summed E-state index contributed by atoms with van der Waals surface area (Å²) in [6.45, 7) is 6.35. The van der Waals surface area contributed by atoms with Crippen LogP contribution < -0.4 is 5.56 Å². The van der Waals surface area contributed by atoms with Crippen molar-refractivity contribution < 1.29 is 14.6 Å². The lowest BCUT2D eigenvalue weighted by Gasteiger charge is -2.28. The van der Waals surface area contributed by atoms with Crippen molar-refractivity contribution in [2.24, 2.45) is 0 Å². The molecule has 2 N–H and O–H groups in total. The Kier molecular flexibility index (Phi) is 4.22. The SMILES string of the molecule is CCN(C(=O)c1sc2nc(C)[nH]c(=O)c2c1C)[C@@H]1COC[C@H]1O. The predicted molar refractivity (Wildman–Crippen MR) is 87.0 cm³/mol.